The van der Waals surface area contributed by atoms with Crippen LogP contribution in [0.25, 0.3) is 0 Å². The van der Waals surface area contributed by atoms with E-state index in [2.05, 4.69) is 148 Å². The standard InChI is InChI=1S/C87H152NO8P/c1-3-5-7-9-11-13-15-17-19-21-23-25-27-29-31-33-35-37-39-41-42-44-46-48-50-52-54-56-58-60-62-64-66-68-70-72-74-76-78-80-87(90)96-85(84-95-97(91,92)94-82-81-88)83-93-86(89)79-77-75-73-71-69-67-65-63-61-59-57-55-53-51-49-47-45-43-40-38-36-34-32-30-28-26-24-22-20-18-16-14-12-10-8-6-4-2/h5,7,11,13,17,19,23,25,29,31,35,37,41-42,46,48,52,54,58,60,64,66,85H,3-4,6,8-10,12,14-16,18,20-22,24,26-28,30,32-34,36,38-40,43-45,47,49-51,53,55-57,59,61-63,65,67-84,88H2,1-2H3,(H,91,92)/b7-5-,13-11-,19-17-,25-23-,31-29-,37-35-,42-41-,48-46-,54-52-,60-58-,66-64-. The highest BCUT2D eigenvalue weighted by Crippen LogP contribution is 2.43. The Morgan fingerprint density at radius 1 is 0.320 bits per heavy atom. The molecule has 0 aliphatic carbocycles. The van der Waals surface area contributed by atoms with E-state index in [1.54, 1.807) is 0 Å². The van der Waals surface area contributed by atoms with E-state index in [0.29, 0.717) is 6.42 Å². The van der Waals surface area contributed by atoms with Crippen molar-refractivity contribution in [1.29, 1.82) is 0 Å². The number of allylic oxidation sites excluding steroid dienone is 22. The fourth-order valence-electron chi connectivity index (χ4n) is 11.6. The van der Waals surface area contributed by atoms with Crippen LogP contribution in [-0.4, -0.2) is 49.3 Å². The highest BCUT2D eigenvalue weighted by atomic mass is 31.2. The summed E-state index contributed by atoms with van der Waals surface area (Å²) in [7, 11) is -4.41. The molecule has 0 radical (unpaired) electrons. The largest absolute Gasteiger partial charge is 0.472 e. The first kappa shape index (κ1) is 93.2. The lowest BCUT2D eigenvalue weighted by Crippen LogP contribution is -2.29. The van der Waals surface area contributed by atoms with E-state index in [1.165, 1.54) is 218 Å². The molecule has 97 heavy (non-hydrogen) atoms. The fourth-order valence-corrected chi connectivity index (χ4v) is 12.4. The molecule has 0 aromatic heterocycles. The van der Waals surface area contributed by atoms with E-state index in [4.69, 9.17) is 24.3 Å². The van der Waals surface area contributed by atoms with Crippen LogP contribution in [0.1, 0.15) is 373 Å². The molecule has 0 bridgehead atoms. The van der Waals surface area contributed by atoms with Crippen LogP contribution in [-0.2, 0) is 32.7 Å². The Bertz CT molecular complexity index is 2060. The van der Waals surface area contributed by atoms with Gasteiger partial charge in [-0.2, -0.15) is 0 Å². The highest BCUT2D eigenvalue weighted by Gasteiger charge is 2.26. The first-order chi connectivity index (χ1) is 47.8. The second-order valence-corrected chi connectivity index (χ2v) is 28.4. The molecule has 2 unspecified atom stereocenters. The molecule has 0 aromatic rings. The van der Waals surface area contributed by atoms with Gasteiger partial charge in [0.2, 0.25) is 0 Å². The van der Waals surface area contributed by atoms with Crippen LogP contribution >= 0.6 is 7.82 Å². The maximum absolute atomic E-state index is 12.8. The van der Waals surface area contributed by atoms with Gasteiger partial charge in [0, 0.05) is 19.4 Å². The number of unbranched alkanes of at least 4 members (excludes halogenated alkanes) is 41. The smallest absolute Gasteiger partial charge is 0.462 e. The Balaban J connectivity index is 3.88. The van der Waals surface area contributed by atoms with E-state index in [9.17, 15) is 19.0 Å². The summed E-state index contributed by atoms with van der Waals surface area (Å²) < 4.78 is 33.2. The molecule has 10 heteroatoms. The van der Waals surface area contributed by atoms with Gasteiger partial charge in [0.1, 0.15) is 6.61 Å². The van der Waals surface area contributed by atoms with Crippen molar-refractivity contribution in [3.05, 3.63) is 134 Å². The Kier molecular flexibility index (Phi) is 77.9. The van der Waals surface area contributed by atoms with Gasteiger partial charge >= 0.3 is 19.8 Å². The zero-order valence-electron chi connectivity index (χ0n) is 63.0. The summed E-state index contributed by atoms with van der Waals surface area (Å²) in [6, 6.07) is 0. The Labute approximate surface area is 599 Å². The third-order valence-corrected chi connectivity index (χ3v) is 18.5. The molecule has 0 amide bonds. The van der Waals surface area contributed by atoms with Crippen molar-refractivity contribution in [3.8, 4) is 0 Å². The van der Waals surface area contributed by atoms with E-state index < -0.39 is 26.5 Å². The van der Waals surface area contributed by atoms with Gasteiger partial charge in [-0.25, -0.2) is 4.57 Å². The number of esters is 2. The average Bonchev–Trinajstić information content (AvgIpc) is 2.88. The van der Waals surface area contributed by atoms with Gasteiger partial charge in [-0.05, 0) is 96.3 Å². The quantitative estimate of drug-likeness (QED) is 0.0264. The molecule has 0 heterocycles. The molecule has 0 rings (SSSR count). The first-order valence-corrected chi connectivity index (χ1v) is 42.2. The number of phosphoric ester groups is 1. The van der Waals surface area contributed by atoms with Crippen LogP contribution in [0.5, 0.6) is 0 Å². The molecule has 0 aliphatic rings. The summed E-state index contributed by atoms with van der Waals surface area (Å²) in [5.74, 6) is -0.844. The topological polar surface area (TPSA) is 134 Å². The Hall–Kier alpha value is -3.85. The third-order valence-electron chi connectivity index (χ3n) is 17.6. The lowest BCUT2D eigenvalue weighted by Gasteiger charge is -2.19. The van der Waals surface area contributed by atoms with Crippen LogP contribution in [0, 0.1) is 0 Å². The summed E-state index contributed by atoms with van der Waals surface area (Å²) >= 11 is 0. The molecule has 3 N–H and O–H groups in total. The van der Waals surface area contributed by atoms with Crippen LogP contribution in [0.15, 0.2) is 134 Å². The minimum Gasteiger partial charge on any atom is -0.462 e. The van der Waals surface area contributed by atoms with Crippen molar-refractivity contribution in [1.82, 2.24) is 0 Å². The second kappa shape index (κ2) is 81.1. The summed E-state index contributed by atoms with van der Waals surface area (Å²) in [5.41, 5.74) is 5.41. The van der Waals surface area contributed by atoms with Crippen molar-refractivity contribution in [2.45, 2.75) is 380 Å². The zero-order valence-corrected chi connectivity index (χ0v) is 63.9. The molecule has 9 nitrogen and oxygen atoms in total. The highest BCUT2D eigenvalue weighted by molar-refractivity contribution is 7.47. The van der Waals surface area contributed by atoms with Crippen LogP contribution < -0.4 is 5.73 Å². The predicted molar refractivity (Wildman–Crippen MR) is 422 cm³/mol. The molecular formula is C87H152NO8P. The lowest BCUT2D eigenvalue weighted by atomic mass is 10.0. The van der Waals surface area contributed by atoms with Crippen LogP contribution in [0.3, 0.4) is 0 Å². The van der Waals surface area contributed by atoms with Gasteiger partial charge in [0.05, 0.1) is 13.2 Å². The third kappa shape index (κ3) is 81.0. The number of ether oxygens (including phenoxy) is 2. The summed E-state index contributed by atoms with van der Waals surface area (Å²) in [4.78, 5) is 35.5. The zero-order chi connectivity index (χ0) is 70.0. The van der Waals surface area contributed by atoms with Crippen molar-refractivity contribution in [2.24, 2.45) is 5.73 Å². The molecular weight excluding hydrogens is 1220 g/mol. The second-order valence-electron chi connectivity index (χ2n) is 26.9. The first-order valence-electron chi connectivity index (χ1n) is 40.7. The van der Waals surface area contributed by atoms with Gasteiger partial charge in [0.25, 0.3) is 0 Å². The molecule has 0 aromatic carbocycles. The van der Waals surface area contributed by atoms with Gasteiger partial charge in [0.15, 0.2) is 6.10 Å². The van der Waals surface area contributed by atoms with E-state index in [-0.39, 0.29) is 38.6 Å². The summed E-state index contributed by atoms with van der Waals surface area (Å²) in [5, 5.41) is 0. The monoisotopic (exact) mass is 1370 g/mol. The maximum atomic E-state index is 12.8. The number of carbonyl (C=O) groups is 2. The van der Waals surface area contributed by atoms with E-state index in [1.807, 2.05) is 0 Å². The van der Waals surface area contributed by atoms with Gasteiger partial charge in [-0.1, -0.05) is 398 Å². The Morgan fingerprint density at radius 3 is 0.845 bits per heavy atom. The van der Waals surface area contributed by atoms with Crippen molar-refractivity contribution in [2.75, 3.05) is 26.4 Å². The summed E-state index contributed by atoms with van der Waals surface area (Å²) in [6.45, 7) is 3.65. The maximum Gasteiger partial charge on any atom is 0.472 e. The molecule has 2 atom stereocenters. The van der Waals surface area contributed by atoms with Crippen molar-refractivity contribution >= 4 is 19.8 Å². The number of phosphoric acid groups is 1. The molecule has 0 saturated carbocycles. The number of hydrogen-bond acceptors (Lipinski definition) is 8. The fraction of sp³-hybridized carbons (Fsp3) is 0.724. The van der Waals surface area contributed by atoms with Gasteiger partial charge in [-0.15, -0.1) is 0 Å². The molecule has 558 valence electrons. The number of hydrogen-bond donors (Lipinski definition) is 2. The van der Waals surface area contributed by atoms with Crippen LogP contribution in [0.4, 0.5) is 0 Å². The normalized spacial score (nSPS) is 13.6. The Morgan fingerprint density at radius 2 is 0.567 bits per heavy atom. The molecule has 0 spiro atoms. The number of rotatable bonds is 76. The summed E-state index contributed by atoms with van der Waals surface area (Å²) in [6.07, 6.45) is 116. The van der Waals surface area contributed by atoms with Gasteiger partial charge in [-0.3, -0.25) is 18.6 Å². The van der Waals surface area contributed by atoms with E-state index in [0.717, 1.165) is 122 Å². The average molecular weight is 1370 g/mol. The van der Waals surface area contributed by atoms with Crippen molar-refractivity contribution in [3.63, 3.8) is 0 Å². The minimum atomic E-state index is -4.41. The predicted octanol–water partition coefficient (Wildman–Crippen LogP) is 27.5. The molecule has 0 aliphatic heterocycles. The minimum absolute atomic E-state index is 0.0451. The molecule has 0 saturated heterocycles. The SMILES string of the molecule is CC/C=C\C/C=C\C/C=C\C/C=C\C/C=C\C/C=C\C/C=C\C/C=C\C/C=C\C/C=C\C/C=C\CCCCCCCC(=O)OC(COC(=O)CCCCCCCCCCCCCCCCCCCCCCCCCCCCCCCCCCCCCCC)COP(=O)(O)OCCN. The lowest BCUT2D eigenvalue weighted by molar-refractivity contribution is -0.161. The number of nitrogens with two attached hydrogens (primary N) is 1. The van der Waals surface area contributed by atoms with E-state index >= 15 is 0 Å². The van der Waals surface area contributed by atoms with Crippen LogP contribution in [0.2, 0.25) is 0 Å². The van der Waals surface area contributed by atoms with Crippen molar-refractivity contribution < 1.29 is 37.6 Å². The number of carbonyl (C=O) groups excluding carboxylic acids is 2. The van der Waals surface area contributed by atoms with Gasteiger partial charge < -0.3 is 20.1 Å². The molecule has 0 fully saturated rings.